The second-order valence-corrected chi connectivity index (χ2v) is 5.79. The van der Waals surface area contributed by atoms with Crippen molar-refractivity contribution in [2.45, 2.75) is 61.8 Å². The van der Waals surface area contributed by atoms with Gasteiger partial charge < -0.3 is 15.9 Å². The maximum atomic E-state index is 10.9. The van der Waals surface area contributed by atoms with E-state index in [1.165, 1.54) is 42.6 Å². The molecule has 0 spiro atoms. The first-order valence-electron chi connectivity index (χ1n) is 9.93. The number of hydrogen-bond donors (Lipinski definition) is 3. The molecule has 1 rings (SSSR count). The van der Waals surface area contributed by atoms with Crippen LogP contribution in [-0.2, 0) is 4.79 Å². The topological polar surface area (TPSA) is 134 Å². The number of aromatic carboxylic acids is 1. The number of aliphatic imine (C=N–C) groups is 1. The fraction of sp³-hybridized carbons (Fsp3) is 0.524. The summed E-state index contributed by atoms with van der Waals surface area (Å²) >= 11 is 1.10. The zero-order valence-corrected chi connectivity index (χ0v) is 20.8. The van der Waals surface area contributed by atoms with Crippen molar-refractivity contribution >= 4 is 40.6 Å². The molecule has 30 heavy (non-hydrogen) atoms. The third-order valence-corrected chi connectivity index (χ3v) is 3.48. The van der Waals surface area contributed by atoms with Gasteiger partial charge in [0.05, 0.1) is 17.0 Å². The van der Waals surface area contributed by atoms with Gasteiger partial charge in [-0.3, -0.25) is 9.80 Å². The molecule has 0 aromatic heterocycles. The van der Waals surface area contributed by atoms with E-state index in [1.54, 1.807) is 13.3 Å². The van der Waals surface area contributed by atoms with E-state index >= 15 is 0 Å². The summed E-state index contributed by atoms with van der Waals surface area (Å²) in [5, 5.41) is 13.7. The first-order chi connectivity index (χ1) is 14.3. The highest BCUT2D eigenvalue weighted by Crippen LogP contribution is 2.17. The SMILES string of the molecule is CC.CC.CC(=O)CS/C(=N/N)N(N)c1ccc(C(=O)O)cc1.CC=NC.CCC. The van der Waals surface area contributed by atoms with Crippen molar-refractivity contribution < 1.29 is 14.7 Å². The summed E-state index contributed by atoms with van der Waals surface area (Å²) in [5.41, 5.74) is 0.671. The number of rotatable bonds is 4. The molecule has 0 saturated carbocycles. The quantitative estimate of drug-likeness (QED) is 0.263. The Morgan fingerprint density at radius 2 is 1.53 bits per heavy atom. The number of carboxylic acid groups (broad SMARTS) is 1. The molecule has 0 radical (unpaired) electrons. The van der Waals surface area contributed by atoms with E-state index < -0.39 is 5.97 Å². The molecular formula is C21H41N5O3S. The van der Waals surface area contributed by atoms with E-state index in [0.717, 1.165) is 11.8 Å². The predicted molar refractivity (Wildman–Crippen MR) is 134 cm³/mol. The van der Waals surface area contributed by atoms with E-state index in [2.05, 4.69) is 23.9 Å². The van der Waals surface area contributed by atoms with E-state index in [4.69, 9.17) is 16.8 Å². The molecule has 0 saturated heterocycles. The van der Waals surface area contributed by atoms with Crippen LogP contribution in [0.15, 0.2) is 34.4 Å². The molecule has 0 aliphatic heterocycles. The lowest BCUT2D eigenvalue weighted by atomic mass is 10.2. The Labute approximate surface area is 186 Å². The highest BCUT2D eigenvalue weighted by atomic mass is 32.2. The number of carboxylic acids is 1. The highest BCUT2D eigenvalue weighted by molar-refractivity contribution is 8.14. The third-order valence-electron chi connectivity index (χ3n) is 2.37. The number of anilines is 1. The van der Waals surface area contributed by atoms with Crippen LogP contribution < -0.4 is 16.7 Å². The zero-order chi connectivity index (χ0) is 24.5. The van der Waals surface area contributed by atoms with Gasteiger partial charge >= 0.3 is 5.97 Å². The highest BCUT2D eigenvalue weighted by Gasteiger charge is 2.12. The number of hydrogen-bond acceptors (Lipinski definition) is 7. The van der Waals surface area contributed by atoms with Crippen LogP contribution in [-0.4, -0.2) is 41.0 Å². The summed E-state index contributed by atoms with van der Waals surface area (Å²) in [5.74, 6) is 10.2. The van der Waals surface area contributed by atoms with Crippen LogP contribution in [0.25, 0.3) is 0 Å². The fourth-order valence-electron chi connectivity index (χ4n) is 1.21. The van der Waals surface area contributed by atoms with Gasteiger partial charge in [0, 0.05) is 7.05 Å². The average Bonchev–Trinajstić information content (AvgIpc) is 2.77. The Hall–Kier alpha value is -2.39. The number of nitrogens with two attached hydrogens (primary N) is 2. The van der Waals surface area contributed by atoms with Crippen LogP contribution in [0.3, 0.4) is 0 Å². The van der Waals surface area contributed by atoms with Crippen LogP contribution in [0, 0.1) is 0 Å². The predicted octanol–water partition coefficient (Wildman–Crippen LogP) is 4.79. The molecule has 0 heterocycles. The van der Waals surface area contributed by atoms with Gasteiger partial charge in [0.1, 0.15) is 5.78 Å². The number of hydrazone groups is 1. The van der Waals surface area contributed by atoms with Crippen molar-refractivity contribution in [3.8, 4) is 0 Å². The summed E-state index contributed by atoms with van der Waals surface area (Å²) in [6.07, 6.45) is 3.00. The second-order valence-electron chi connectivity index (χ2n) is 4.85. The number of carbonyl (C=O) groups excluding carboxylic acids is 1. The molecular weight excluding hydrogens is 402 g/mol. The molecule has 0 unspecified atom stereocenters. The molecule has 0 bridgehead atoms. The molecule has 8 nitrogen and oxygen atoms in total. The lowest BCUT2D eigenvalue weighted by Crippen LogP contribution is -2.36. The van der Waals surface area contributed by atoms with Crippen LogP contribution in [0.2, 0.25) is 0 Å². The van der Waals surface area contributed by atoms with E-state index in [-0.39, 0.29) is 22.3 Å². The van der Waals surface area contributed by atoms with Crippen molar-refractivity contribution in [1.82, 2.24) is 0 Å². The number of Topliss-reactive ketones (excluding diaryl/α,β-unsaturated/α-hetero) is 1. The van der Waals surface area contributed by atoms with Crippen molar-refractivity contribution in [2.75, 3.05) is 17.8 Å². The van der Waals surface area contributed by atoms with Gasteiger partial charge in [0.25, 0.3) is 0 Å². The first kappa shape index (κ1) is 35.1. The Morgan fingerprint density at radius 1 is 1.13 bits per heavy atom. The molecule has 0 fully saturated rings. The molecule has 9 heteroatoms. The Morgan fingerprint density at radius 3 is 1.80 bits per heavy atom. The summed E-state index contributed by atoms with van der Waals surface area (Å²) < 4.78 is 0. The van der Waals surface area contributed by atoms with Crippen molar-refractivity contribution in [3.05, 3.63) is 29.8 Å². The molecule has 0 atom stereocenters. The third kappa shape index (κ3) is 20.3. The Kier molecular flexibility index (Phi) is 31.1. The number of ketones is 1. The zero-order valence-electron chi connectivity index (χ0n) is 20.0. The molecule has 1 aromatic rings. The summed E-state index contributed by atoms with van der Waals surface area (Å²) in [6, 6.07) is 5.90. The minimum atomic E-state index is -1.02. The maximum absolute atomic E-state index is 10.9. The lowest BCUT2D eigenvalue weighted by Gasteiger charge is -2.19. The number of carbonyl (C=O) groups is 2. The van der Waals surface area contributed by atoms with Crippen LogP contribution >= 0.6 is 11.8 Å². The number of hydrazine groups is 1. The van der Waals surface area contributed by atoms with E-state index in [1.807, 2.05) is 34.6 Å². The molecule has 174 valence electrons. The summed E-state index contributed by atoms with van der Waals surface area (Å²) in [6.45, 7) is 15.6. The smallest absolute Gasteiger partial charge is 0.335 e. The fourth-order valence-corrected chi connectivity index (χ4v) is 1.86. The Bertz CT molecular complexity index is 587. The minimum Gasteiger partial charge on any atom is -0.478 e. The van der Waals surface area contributed by atoms with Gasteiger partial charge in [0.2, 0.25) is 5.17 Å². The largest absolute Gasteiger partial charge is 0.478 e. The standard InChI is InChI=1S/C11H14N4O3S.C3H7N.C3H8.2C2H6/c1-7(16)6-19-11(14-12)15(13)9-4-2-8(3-5-9)10(17)18;1-3-4-2;1-3-2;2*1-2/h2-5H,6,12-13H2,1H3,(H,17,18);3H,1-2H3;3H2,1-2H3;2*1-2H3/b14-11+;;;;. The Balaban J connectivity index is -0.000000258. The molecule has 0 aliphatic carbocycles. The van der Waals surface area contributed by atoms with E-state index in [9.17, 15) is 9.59 Å². The summed E-state index contributed by atoms with van der Waals surface area (Å²) in [7, 11) is 1.75. The van der Waals surface area contributed by atoms with Crippen molar-refractivity contribution in [3.63, 3.8) is 0 Å². The number of nitrogens with zero attached hydrogens (tertiary/aromatic N) is 3. The first-order valence-corrected chi connectivity index (χ1v) is 10.9. The van der Waals surface area contributed by atoms with Gasteiger partial charge in [-0.1, -0.05) is 59.7 Å². The van der Waals surface area contributed by atoms with Crippen molar-refractivity contribution in [1.29, 1.82) is 0 Å². The van der Waals surface area contributed by atoms with Crippen LogP contribution in [0.5, 0.6) is 0 Å². The lowest BCUT2D eigenvalue weighted by molar-refractivity contribution is -0.114. The van der Waals surface area contributed by atoms with Gasteiger partial charge in [-0.25, -0.2) is 10.6 Å². The van der Waals surface area contributed by atoms with E-state index in [0.29, 0.717) is 5.69 Å². The van der Waals surface area contributed by atoms with Crippen molar-refractivity contribution in [2.24, 2.45) is 21.8 Å². The molecule has 0 aliphatic rings. The normalized spacial score (nSPS) is 9.33. The van der Waals surface area contributed by atoms with Gasteiger partial charge in [-0.2, -0.15) is 5.10 Å². The molecule has 5 N–H and O–H groups in total. The van der Waals surface area contributed by atoms with Gasteiger partial charge in [-0.15, -0.1) is 0 Å². The maximum Gasteiger partial charge on any atom is 0.335 e. The van der Waals surface area contributed by atoms with Crippen LogP contribution in [0.1, 0.15) is 72.2 Å². The van der Waals surface area contributed by atoms with Gasteiger partial charge in [0.15, 0.2) is 0 Å². The number of thioether (sulfide) groups is 1. The van der Waals surface area contributed by atoms with Gasteiger partial charge in [-0.05, 0) is 44.3 Å². The second kappa shape index (κ2) is 26.6. The molecule has 1 aromatic carbocycles. The summed E-state index contributed by atoms with van der Waals surface area (Å²) in [4.78, 5) is 25.2. The number of benzene rings is 1. The van der Waals surface area contributed by atoms with Crippen LogP contribution in [0.4, 0.5) is 5.69 Å². The monoisotopic (exact) mass is 443 g/mol. The number of amidine groups is 1. The molecule has 0 amide bonds. The average molecular weight is 444 g/mol. The minimum absolute atomic E-state index is 0.0271.